The molecule has 1 aliphatic rings. The molecule has 5 nitrogen and oxygen atoms in total. The van der Waals surface area contributed by atoms with E-state index in [1.807, 2.05) is 12.1 Å². The van der Waals surface area contributed by atoms with E-state index in [4.69, 9.17) is 61.3 Å². The lowest BCUT2D eigenvalue weighted by atomic mass is 9.83. The smallest absolute Gasteiger partial charge is 0.248 e. The summed E-state index contributed by atoms with van der Waals surface area (Å²) in [4.78, 5) is 4.51. The molecule has 0 bridgehead atoms. The number of hydrogen-bond donors (Lipinski definition) is 1. The first-order chi connectivity index (χ1) is 13.8. The van der Waals surface area contributed by atoms with Crippen molar-refractivity contribution >= 4 is 63.1 Å². The highest BCUT2D eigenvalue weighted by atomic mass is 35.6. The molecule has 0 saturated heterocycles. The Morgan fingerprint density at radius 1 is 1.07 bits per heavy atom. The molecule has 1 atom stereocenters. The van der Waals surface area contributed by atoms with Gasteiger partial charge < -0.3 is 14.9 Å². The normalized spacial score (nSPS) is 17.4. The number of nitrogens with two attached hydrogens (primary N) is 1. The van der Waals surface area contributed by atoms with Crippen LogP contribution in [0.1, 0.15) is 17.4 Å². The molecule has 3 aromatic rings. The Hall–Kier alpha value is -2.36. The Bertz CT molecular complexity index is 1170. The average Bonchev–Trinajstić information content (AvgIpc) is 3.11. The molecule has 0 spiro atoms. The summed E-state index contributed by atoms with van der Waals surface area (Å²) in [5, 5.41) is 10.3. The fourth-order valence-electron chi connectivity index (χ4n) is 3.16. The molecular formula is C20H11Cl4N3O2. The fourth-order valence-corrected chi connectivity index (χ4v) is 3.71. The molecule has 1 aromatic heterocycles. The Morgan fingerprint density at radius 2 is 1.76 bits per heavy atom. The monoisotopic (exact) mass is 465 g/mol. The number of nitrogens with zero attached hydrogens (tertiary/aromatic N) is 2. The van der Waals surface area contributed by atoms with E-state index in [1.54, 1.807) is 36.4 Å². The third-order valence-corrected chi connectivity index (χ3v) is 5.17. The molecule has 2 heterocycles. The summed E-state index contributed by atoms with van der Waals surface area (Å²) in [7, 11) is 0. The number of hydrogen-bond acceptors (Lipinski definition) is 5. The highest BCUT2D eigenvalue weighted by molar-refractivity contribution is 6.69. The lowest BCUT2D eigenvalue weighted by Gasteiger charge is -2.30. The molecule has 146 valence electrons. The van der Waals surface area contributed by atoms with Gasteiger partial charge in [-0.2, -0.15) is 5.26 Å². The van der Waals surface area contributed by atoms with Crippen molar-refractivity contribution in [3.05, 3.63) is 82.2 Å². The quantitative estimate of drug-likeness (QED) is 0.463. The number of oxazole rings is 1. The van der Waals surface area contributed by atoms with Crippen LogP contribution in [0, 0.1) is 11.3 Å². The number of nitriles is 1. The second-order valence-electron chi connectivity index (χ2n) is 6.20. The first-order valence-corrected chi connectivity index (χ1v) is 9.81. The molecular weight excluding hydrogens is 456 g/mol. The number of allylic oxidation sites excluding steroid dienone is 3. The molecule has 0 radical (unpaired) electrons. The van der Waals surface area contributed by atoms with Crippen LogP contribution in [0.4, 0.5) is 0 Å². The topological polar surface area (TPSA) is 85.1 Å². The van der Waals surface area contributed by atoms with Gasteiger partial charge >= 0.3 is 0 Å². The summed E-state index contributed by atoms with van der Waals surface area (Å²) in [5.74, 6) is -0.809. The van der Waals surface area contributed by atoms with Crippen LogP contribution >= 0.6 is 46.4 Å². The summed E-state index contributed by atoms with van der Waals surface area (Å²) in [6, 6.07) is 16.2. The largest absolute Gasteiger partial charge is 0.440 e. The van der Waals surface area contributed by atoms with Gasteiger partial charge in [-0.15, -0.1) is 0 Å². The van der Waals surface area contributed by atoms with Crippen LogP contribution in [0.2, 0.25) is 5.02 Å². The standard InChI is InChI=1S/C20H11Cl4N3O2/c21-11-7-5-10(6-8-11)15-12(9-25)18(26)29-17(20(22,23)24)16(15)19-27-13-3-1-2-4-14(13)28-19/h1-8,15H,26H2. The first-order valence-electron chi connectivity index (χ1n) is 8.30. The van der Waals surface area contributed by atoms with Gasteiger partial charge in [-0.25, -0.2) is 4.98 Å². The highest BCUT2D eigenvalue weighted by Crippen LogP contribution is 2.50. The van der Waals surface area contributed by atoms with E-state index < -0.39 is 9.71 Å². The number of ether oxygens (including phenoxy) is 1. The maximum Gasteiger partial charge on any atom is 0.248 e. The van der Waals surface area contributed by atoms with Crippen molar-refractivity contribution in [3.8, 4) is 6.07 Å². The second-order valence-corrected chi connectivity index (χ2v) is 8.92. The van der Waals surface area contributed by atoms with Crippen LogP contribution in [0.3, 0.4) is 0 Å². The predicted octanol–water partition coefficient (Wildman–Crippen LogP) is 6.07. The first kappa shape index (κ1) is 19.9. The Kier molecular flexibility index (Phi) is 5.14. The van der Waals surface area contributed by atoms with E-state index in [0.717, 1.165) is 0 Å². The lowest BCUT2D eigenvalue weighted by molar-refractivity contribution is 0.281. The van der Waals surface area contributed by atoms with Gasteiger partial charge in [0.15, 0.2) is 11.3 Å². The Balaban J connectivity index is 2.03. The fraction of sp³-hybridized carbons (Fsp3) is 0.100. The predicted molar refractivity (Wildman–Crippen MR) is 113 cm³/mol. The average molecular weight is 467 g/mol. The number of para-hydroxylation sites is 2. The lowest BCUT2D eigenvalue weighted by Crippen LogP contribution is -2.26. The van der Waals surface area contributed by atoms with E-state index in [9.17, 15) is 5.26 Å². The van der Waals surface area contributed by atoms with Gasteiger partial charge in [0.05, 0.1) is 11.5 Å². The van der Waals surface area contributed by atoms with E-state index in [1.165, 1.54) is 0 Å². The van der Waals surface area contributed by atoms with Crippen molar-refractivity contribution in [2.75, 3.05) is 0 Å². The van der Waals surface area contributed by atoms with Gasteiger partial charge in [0.1, 0.15) is 17.2 Å². The van der Waals surface area contributed by atoms with Crippen LogP contribution in [0.5, 0.6) is 0 Å². The zero-order valence-corrected chi connectivity index (χ0v) is 17.5. The number of halogens is 4. The van der Waals surface area contributed by atoms with Crippen molar-refractivity contribution < 1.29 is 9.15 Å². The summed E-state index contributed by atoms with van der Waals surface area (Å²) >= 11 is 24.6. The molecule has 0 aliphatic carbocycles. The minimum atomic E-state index is -1.98. The molecule has 1 unspecified atom stereocenters. The van der Waals surface area contributed by atoms with Crippen LogP contribution in [0.25, 0.3) is 16.7 Å². The number of rotatable bonds is 2. The summed E-state index contributed by atoms with van der Waals surface area (Å²) < 4.78 is 9.52. The van der Waals surface area contributed by atoms with Gasteiger partial charge in [0.2, 0.25) is 15.6 Å². The minimum absolute atomic E-state index is 0.0782. The minimum Gasteiger partial charge on any atom is -0.440 e. The molecule has 0 fully saturated rings. The van der Waals surface area contributed by atoms with Gasteiger partial charge in [0, 0.05) is 5.02 Å². The molecule has 29 heavy (non-hydrogen) atoms. The maximum atomic E-state index is 9.77. The van der Waals surface area contributed by atoms with E-state index in [2.05, 4.69) is 11.1 Å². The molecule has 2 N–H and O–H groups in total. The third kappa shape index (κ3) is 3.65. The third-order valence-electron chi connectivity index (χ3n) is 4.40. The van der Waals surface area contributed by atoms with Crippen LogP contribution in [-0.2, 0) is 4.74 Å². The zero-order chi connectivity index (χ0) is 20.8. The van der Waals surface area contributed by atoms with E-state index in [-0.39, 0.29) is 23.1 Å². The van der Waals surface area contributed by atoms with Gasteiger partial charge in [-0.3, -0.25) is 0 Å². The van der Waals surface area contributed by atoms with Crippen molar-refractivity contribution in [1.29, 1.82) is 5.26 Å². The number of benzene rings is 2. The van der Waals surface area contributed by atoms with Crippen LogP contribution in [0.15, 0.2) is 70.2 Å². The zero-order valence-electron chi connectivity index (χ0n) is 14.5. The van der Waals surface area contributed by atoms with Crippen molar-refractivity contribution in [2.24, 2.45) is 5.73 Å². The number of fused-ring (bicyclic) bond motifs is 1. The van der Waals surface area contributed by atoms with Crippen LogP contribution in [-0.4, -0.2) is 8.78 Å². The molecule has 1 aliphatic heterocycles. The van der Waals surface area contributed by atoms with E-state index >= 15 is 0 Å². The summed E-state index contributed by atoms with van der Waals surface area (Å²) in [5.41, 5.74) is 8.26. The molecule has 9 heteroatoms. The maximum absolute atomic E-state index is 9.77. The molecule has 4 rings (SSSR count). The molecule has 0 amide bonds. The second kappa shape index (κ2) is 7.47. The van der Waals surface area contributed by atoms with Crippen molar-refractivity contribution in [3.63, 3.8) is 0 Å². The summed E-state index contributed by atoms with van der Waals surface area (Å²) in [6.45, 7) is 0. The summed E-state index contributed by atoms with van der Waals surface area (Å²) in [6.07, 6.45) is 0. The van der Waals surface area contributed by atoms with Crippen molar-refractivity contribution in [1.82, 2.24) is 4.98 Å². The molecule has 2 aromatic carbocycles. The van der Waals surface area contributed by atoms with Crippen LogP contribution < -0.4 is 5.73 Å². The van der Waals surface area contributed by atoms with E-state index in [0.29, 0.717) is 27.3 Å². The number of aromatic nitrogens is 1. The Labute approximate surface area is 185 Å². The molecule has 0 saturated carbocycles. The SMILES string of the molecule is N#CC1=C(N)OC(C(Cl)(Cl)Cl)=C(c2nc3ccccc3o2)C1c1ccc(Cl)cc1. The van der Waals surface area contributed by atoms with Crippen molar-refractivity contribution in [2.45, 2.75) is 9.71 Å². The van der Waals surface area contributed by atoms with Gasteiger partial charge in [-0.05, 0) is 29.8 Å². The highest BCUT2D eigenvalue weighted by Gasteiger charge is 2.43. The number of alkyl halides is 3. The van der Waals surface area contributed by atoms with Gasteiger partial charge in [-0.1, -0.05) is 70.7 Å². The van der Waals surface area contributed by atoms with Gasteiger partial charge in [0.25, 0.3) is 0 Å². The Morgan fingerprint density at radius 3 is 2.38 bits per heavy atom.